The molecule has 0 aliphatic carbocycles. The van der Waals surface area contributed by atoms with Gasteiger partial charge in [-0.1, -0.05) is 11.6 Å². The molecule has 0 unspecified atom stereocenters. The van der Waals surface area contributed by atoms with E-state index in [1.807, 2.05) is 25.1 Å². The number of methoxy groups -OCH3 is 1. The van der Waals surface area contributed by atoms with E-state index >= 15 is 0 Å². The minimum Gasteiger partial charge on any atom is -0.493 e. The van der Waals surface area contributed by atoms with Gasteiger partial charge >= 0.3 is 0 Å². The zero-order valence-electron chi connectivity index (χ0n) is 15.5. The second-order valence-corrected chi connectivity index (χ2v) is 5.52. The largest absolute Gasteiger partial charge is 0.493 e. The van der Waals surface area contributed by atoms with Crippen LogP contribution in [0.3, 0.4) is 0 Å². The van der Waals surface area contributed by atoms with Crippen LogP contribution in [-0.4, -0.2) is 44.9 Å². The van der Waals surface area contributed by atoms with E-state index in [0.29, 0.717) is 48.1 Å². The van der Waals surface area contributed by atoms with Crippen LogP contribution in [0, 0.1) is 0 Å². The fourth-order valence-electron chi connectivity index (χ4n) is 2.11. The first-order chi connectivity index (χ1) is 12.7. The molecular weight excluding hydrogens is 483 g/mol. The lowest BCUT2D eigenvalue weighted by Crippen LogP contribution is -2.33. The van der Waals surface area contributed by atoms with E-state index < -0.39 is 0 Å². The van der Waals surface area contributed by atoms with Crippen LogP contribution in [0.15, 0.2) is 41.5 Å². The van der Waals surface area contributed by atoms with Crippen LogP contribution in [0.4, 0.5) is 5.69 Å². The first kappa shape index (κ1) is 23.1. The molecule has 0 bridgehead atoms. The molecule has 148 valence electrons. The van der Waals surface area contributed by atoms with Gasteiger partial charge in [0.1, 0.15) is 6.61 Å². The number of ether oxygens (including phenoxy) is 3. The van der Waals surface area contributed by atoms with Crippen molar-refractivity contribution in [3.05, 3.63) is 41.6 Å². The molecule has 2 N–H and O–H groups in total. The maximum absolute atomic E-state index is 5.79. The average molecular weight is 507 g/mol. The molecule has 1 heterocycles. The number of rotatable bonds is 8. The summed E-state index contributed by atoms with van der Waals surface area (Å²) in [4.78, 5) is 8.26. The highest BCUT2D eigenvalue weighted by Gasteiger charge is 2.07. The fraction of sp³-hybridized carbons (Fsp3) is 0.333. The van der Waals surface area contributed by atoms with Gasteiger partial charge in [0, 0.05) is 31.1 Å². The lowest BCUT2D eigenvalue weighted by molar-refractivity contribution is 0.310. The van der Waals surface area contributed by atoms with E-state index in [0.717, 1.165) is 5.69 Å². The normalized spacial score (nSPS) is 10.6. The molecule has 0 aliphatic heterocycles. The summed E-state index contributed by atoms with van der Waals surface area (Å²) in [6, 6.07) is 9.06. The number of anilines is 1. The Kier molecular flexibility index (Phi) is 10.6. The van der Waals surface area contributed by atoms with Crippen molar-refractivity contribution in [3.63, 3.8) is 0 Å². The summed E-state index contributed by atoms with van der Waals surface area (Å²) in [5, 5.41) is 6.94. The van der Waals surface area contributed by atoms with Crippen molar-refractivity contribution in [2.75, 3.05) is 39.2 Å². The van der Waals surface area contributed by atoms with E-state index in [1.54, 1.807) is 32.5 Å². The molecule has 1 aromatic carbocycles. The molecule has 2 rings (SSSR count). The first-order valence-electron chi connectivity index (χ1n) is 8.19. The third kappa shape index (κ3) is 7.67. The highest BCUT2D eigenvalue weighted by atomic mass is 127. The molecule has 0 radical (unpaired) electrons. The van der Waals surface area contributed by atoms with Crippen LogP contribution < -0.4 is 24.8 Å². The van der Waals surface area contributed by atoms with Crippen LogP contribution >= 0.6 is 35.6 Å². The van der Waals surface area contributed by atoms with Gasteiger partial charge in [0.15, 0.2) is 17.5 Å². The number of aliphatic imine (C=N–C) groups is 1. The Morgan fingerprint density at radius 1 is 1.19 bits per heavy atom. The molecule has 0 fully saturated rings. The third-order valence-electron chi connectivity index (χ3n) is 3.29. The smallest absolute Gasteiger partial charge is 0.213 e. The number of pyridine rings is 1. The molecule has 0 aliphatic rings. The van der Waals surface area contributed by atoms with Crippen molar-refractivity contribution in [2.24, 2.45) is 4.99 Å². The van der Waals surface area contributed by atoms with E-state index in [-0.39, 0.29) is 24.0 Å². The third-order valence-corrected chi connectivity index (χ3v) is 3.52. The topological polar surface area (TPSA) is 77.0 Å². The standard InChI is InChI=1S/C18H23ClN4O3.HI/c1-4-25-16-11-14(6-7-15(16)24-3)23-18(20-2)21-9-10-26-17-8-5-13(19)12-22-17;/h5-8,11-12H,4,9-10H2,1-3H3,(H2,20,21,23);1H. The van der Waals surface area contributed by atoms with Crippen LogP contribution in [0.1, 0.15) is 6.92 Å². The van der Waals surface area contributed by atoms with Gasteiger partial charge in [-0.15, -0.1) is 24.0 Å². The first-order valence-corrected chi connectivity index (χ1v) is 8.57. The van der Waals surface area contributed by atoms with Crippen molar-refractivity contribution < 1.29 is 14.2 Å². The number of benzene rings is 1. The zero-order valence-corrected chi connectivity index (χ0v) is 18.6. The summed E-state index contributed by atoms with van der Waals surface area (Å²) in [5.41, 5.74) is 0.836. The minimum absolute atomic E-state index is 0. The Labute approximate surface area is 181 Å². The molecule has 0 atom stereocenters. The quantitative estimate of drug-likeness (QED) is 0.245. The molecule has 0 spiro atoms. The molecule has 9 heteroatoms. The van der Waals surface area contributed by atoms with E-state index in [1.165, 1.54) is 0 Å². The van der Waals surface area contributed by atoms with Gasteiger partial charge in [-0.3, -0.25) is 4.99 Å². The van der Waals surface area contributed by atoms with Gasteiger partial charge in [0.2, 0.25) is 5.88 Å². The summed E-state index contributed by atoms with van der Waals surface area (Å²) < 4.78 is 16.4. The number of halogens is 2. The molecule has 0 amide bonds. The number of nitrogens with one attached hydrogen (secondary N) is 2. The van der Waals surface area contributed by atoms with Gasteiger partial charge in [0.05, 0.1) is 25.3 Å². The van der Waals surface area contributed by atoms with E-state index in [4.69, 9.17) is 25.8 Å². The Bertz CT molecular complexity index is 729. The number of guanidine groups is 1. The Balaban J connectivity index is 0.00000364. The van der Waals surface area contributed by atoms with E-state index in [2.05, 4.69) is 20.6 Å². The van der Waals surface area contributed by atoms with Crippen molar-refractivity contribution in [1.82, 2.24) is 10.3 Å². The molecule has 1 aromatic heterocycles. The fourth-order valence-corrected chi connectivity index (χ4v) is 2.22. The SMILES string of the molecule is CCOc1cc(NC(=NC)NCCOc2ccc(Cl)cn2)ccc1OC.I. The molecule has 2 aromatic rings. The van der Waals surface area contributed by atoms with Gasteiger partial charge in [-0.2, -0.15) is 0 Å². The van der Waals surface area contributed by atoms with Crippen molar-refractivity contribution >= 4 is 47.2 Å². The molecule has 0 saturated carbocycles. The molecule has 0 saturated heterocycles. The van der Waals surface area contributed by atoms with Crippen molar-refractivity contribution in [3.8, 4) is 17.4 Å². The maximum Gasteiger partial charge on any atom is 0.213 e. The Morgan fingerprint density at radius 3 is 2.63 bits per heavy atom. The van der Waals surface area contributed by atoms with Gasteiger partial charge < -0.3 is 24.8 Å². The predicted octanol–water partition coefficient (Wildman–Crippen LogP) is 3.83. The van der Waals surface area contributed by atoms with Crippen LogP contribution in [-0.2, 0) is 0 Å². The van der Waals surface area contributed by atoms with Crippen LogP contribution in [0.25, 0.3) is 0 Å². The number of nitrogens with zero attached hydrogens (tertiary/aromatic N) is 2. The summed E-state index contributed by atoms with van der Waals surface area (Å²) in [7, 11) is 3.31. The maximum atomic E-state index is 5.79. The Hall–Kier alpha value is -1.94. The number of hydrogen-bond acceptors (Lipinski definition) is 5. The number of aromatic nitrogens is 1. The summed E-state index contributed by atoms with van der Waals surface area (Å²) >= 11 is 5.79. The lowest BCUT2D eigenvalue weighted by atomic mass is 10.2. The highest BCUT2D eigenvalue weighted by molar-refractivity contribution is 14.0. The van der Waals surface area contributed by atoms with Crippen molar-refractivity contribution in [2.45, 2.75) is 6.92 Å². The average Bonchev–Trinajstić information content (AvgIpc) is 2.66. The molecular formula is C18H24ClIN4O3. The number of hydrogen-bond donors (Lipinski definition) is 2. The predicted molar refractivity (Wildman–Crippen MR) is 119 cm³/mol. The lowest BCUT2D eigenvalue weighted by Gasteiger charge is -2.14. The highest BCUT2D eigenvalue weighted by Crippen LogP contribution is 2.30. The summed E-state index contributed by atoms with van der Waals surface area (Å²) in [6.07, 6.45) is 1.55. The van der Waals surface area contributed by atoms with Gasteiger partial charge in [-0.25, -0.2) is 4.98 Å². The molecule has 27 heavy (non-hydrogen) atoms. The summed E-state index contributed by atoms with van der Waals surface area (Å²) in [6.45, 7) is 3.47. The second-order valence-electron chi connectivity index (χ2n) is 5.09. The zero-order chi connectivity index (χ0) is 18.8. The summed E-state index contributed by atoms with van der Waals surface area (Å²) in [5.74, 6) is 2.50. The molecule has 7 nitrogen and oxygen atoms in total. The van der Waals surface area contributed by atoms with Gasteiger partial charge in [-0.05, 0) is 25.1 Å². The van der Waals surface area contributed by atoms with Crippen molar-refractivity contribution in [1.29, 1.82) is 0 Å². The second kappa shape index (κ2) is 12.4. The van der Waals surface area contributed by atoms with Gasteiger partial charge in [0.25, 0.3) is 0 Å². The monoisotopic (exact) mass is 506 g/mol. The van der Waals surface area contributed by atoms with Crippen LogP contribution in [0.2, 0.25) is 5.02 Å². The minimum atomic E-state index is 0. The Morgan fingerprint density at radius 2 is 2.00 bits per heavy atom. The van der Waals surface area contributed by atoms with E-state index in [9.17, 15) is 0 Å². The van der Waals surface area contributed by atoms with Crippen LogP contribution in [0.5, 0.6) is 17.4 Å².